The quantitative estimate of drug-likeness (QED) is 0.205. The minimum atomic E-state index is -5.08. The van der Waals surface area contributed by atoms with Crippen LogP contribution in [0, 0.1) is 0 Å². The summed E-state index contributed by atoms with van der Waals surface area (Å²) in [6.45, 7) is 0. The lowest BCUT2D eigenvalue weighted by Gasteiger charge is -2.18. The highest BCUT2D eigenvalue weighted by atomic mass is 32.2. The average molecular weight is 640 g/mol. The molecule has 2 N–H and O–H groups in total. The molecule has 0 aliphatic rings. The Kier molecular flexibility index (Phi) is 8.60. The van der Waals surface area contributed by atoms with E-state index < -0.39 is 58.3 Å². The van der Waals surface area contributed by atoms with Gasteiger partial charge in [0.2, 0.25) is 0 Å². The molecule has 4 aromatic carbocycles. The van der Waals surface area contributed by atoms with Crippen molar-refractivity contribution in [2.75, 3.05) is 10.6 Å². The number of anilines is 4. The molecule has 0 aliphatic carbocycles. The van der Waals surface area contributed by atoms with E-state index in [0.29, 0.717) is 24.3 Å². The Labute approximate surface area is 239 Å². The first-order valence-electron chi connectivity index (χ1n) is 11.8. The molecule has 2 nitrogen and oxygen atoms in total. The van der Waals surface area contributed by atoms with Crippen LogP contribution in [0.1, 0.15) is 22.3 Å². The van der Waals surface area contributed by atoms with Crippen molar-refractivity contribution >= 4 is 34.5 Å². The summed E-state index contributed by atoms with van der Waals surface area (Å²) in [6.07, 6.45) is -20.3. The van der Waals surface area contributed by atoms with Crippen LogP contribution in [0.15, 0.2) is 94.7 Å². The van der Waals surface area contributed by atoms with Crippen LogP contribution in [0.25, 0.3) is 0 Å². The monoisotopic (exact) mass is 640 g/mol. The van der Waals surface area contributed by atoms with E-state index in [1.807, 2.05) is 0 Å². The minimum Gasteiger partial charge on any atom is -0.355 e. The molecule has 0 aliphatic heterocycles. The molecule has 0 aromatic heterocycles. The average Bonchev–Trinajstić information content (AvgIpc) is 2.88. The van der Waals surface area contributed by atoms with Gasteiger partial charge >= 0.3 is 24.7 Å². The molecule has 0 bridgehead atoms. The Morgan fingerprint density at radius 1 is 0.395 bits per heavy atom. The highest BCUT2D eigenvalue weighted by molar-refractivity contribution is 7.99. The fourth-order valence-electron chi connectivity index (χ4n) is 3.80. The van der Waals surface area contributed by atoms with E-state index in [0.717, 1.165) is 11.8 Å². The lowest BCUT2D eigenvalue weighted by atomic mass is 10.1. The van der Waals surface area contributed by atoms with Crippen LogP contribution < -0.4 is 10.6 Å². The van der Waals surface area contributed by atoms with E-state index in [9.17, 15) is 52.7 Å². The molecular formula is C28H16F12N2S. The van der Waals surface area contributed by atoms with Gasteiger partial charge in [-0.25, -0.2) is 0 Å². The third-order valence-electron chi connectivity index (χ3n) is 5.73. The molecule has 4 rings (SSSR count). The standard InChI is InChI=1S/C28H16F12N2S/c29-25(30,31)15-9-16(26(32,33)34)12-19(11-15)41-21-5-1-3-7-23(21)43-24-8-4-2-6-22(24)42-20-13-17(27(35,36)37)10-18(14-20)28(38,39)40/h1-14,41-42H. The molecule has 0 saturated heterocycles. The third-order valence-corrected chi connectivity index (χ3v) is 6.88. The second kappa shape index (κ2) is 11.6. The second-order valence-corrected chi connectivity index (χ2v) is 10.0. The van der Waals surface area contributed by atoms with Gasteiger partial charge in [-0.2, -0.15) is 52.7 Å². The number of benzene rings is 4. The number of nitrogens with one attached hydrogen (secondary N) is 2. The van der Waals surface area contributed by atoms with Crippen LogP contribution in [0.5, 0.6) is 0 Å². The number of halogens is 12. The summed E-state index contributed by atoms with van der Waals surface area (Å²) in [7, 11) is 0. The van der Waals surface area contributed by atoms with Crippen LogP contribution in [0.4, 0.5) is 75.4 Å². The molecule has 0 radical (unpaired) electrons. The van der Waals surface area contributed by atoms with Crippen LogP contribution in [0.3, 0.4) is 0 Å². The lowest BCUT2D eigenvalue weighted by molar-refractivity contribution is -0.144. The minimum absolute atomic E-state index is 0.0221. The largest absolute Gasteiger partial charge is 0.416 e. The molecular weight excluding hydrogens is 624 g/mol. The SMILES string of the molecule is FC(F)(F)c1cc(Nc2ccccc2Sc2ccccc2Nc2cc(C(F)(F)F)cc(C(F)(F)F)c2)cc(C(F)(F)F)c1. The lowest BCUT2D eigenvalue weighted by Crippen LogP contribution is -2.11. The maximum atomic E-state index is 13.3. The molecule has 0 fully saturated rings. The van der Waals surface area contributed by atoms with Crippen molar-refractivity contribution in [1.29, 1.82) is 0 Å². The maximum absolute atomic E-state index is 13.3. The second-order valence-electron chi connectivity index (χ2n) is 8.93. The van der Waals surface area contributed by atoms with Gasteiger partial charge in [-0.3, -0.25) is 0 Å². The maximum Gasteiger partial charge on any atom is 0.416 e. The van der Waals surface area contributed by atoms with Crippen molar-refractivity contribution in [2.24, 2.45) is 0 Å². The zero-order valence-electron chi connectivity index (χ0n) is 21.0. The van der Waals surface area contributed by atoms with Gasteiger partial charge in [-0.05, 0) is 60.7 Å². The Bertz CT molecular complexity index is 1420. The predicted molar refractivity (Wildman–Crippen MR) is 136 cm³/mol. The van der Waals surface area contributed by atoms with E-state index in [1.54, 1.807) is 0 Å². The Morgan fingerprint density at radius 2 is 0.674 bits per heavy atom. The van der Waals surface area contributed by atoms with Crippen LogP contribution >= 0.6 is 11.8 Å². The van der Waals surface area contributed by atoms with Crippen molar-refractivity contribution in [1.82, 2.24) is 0 Å². The fraction of sp³-hybridized carbons (Fsp3) is 0.143. The van der Waals surface area contributed by atoms with E-state index >= 15 is 0 Å². The number of rotatable bonds is 6. The van der Waals surface area contributed by atoms with Gasteiger partial charge in [0, 0.05) is 21.2 Å². The molecule has 15 heteroatoms. The number of hydrogen-bond donors (Lipinski definition) is 2. The Hall–Kier alpha value is -4.01. The van der Waals surface area contributed by atoms with Gasteiger partial charge in [-0.1, -0.05) is 36.0 Å². The van der Waals surface area contributed by atoms with Gasteiger partial charge in [0.25, 0.3) is 0 Å². The van der Waals surface area contributed by atoms with Gasteiger partial charge < -0.3 is 10.6 Å². The predicted octanol–water partition coefficient (Wildman–Crippen LogP) is 11.4. The summed E-state index contributed by atoms with van der Waals surface area (Å²) in [5.74, 6) is 0. The highest BCUT2D eigenvalue weighted by Crippen LogP contribution is 2.43. The summed E-state index contributed by atoms with van der Waals surface area (Å²) in [5, 5.41) is 5.09. The number of alkyl halides is 12. The molecule has 0 unspecified atom stereocenters. The molecule has 4 aromatic rings. The first-order chi connectivity index (χ1) is 19.8. The Morgan fingerprint density at radius 3 is 0.953 bits per heavy atom. The van der Waals surface area contributed by atoms with E-state index in [4.69, 9.17) is 0 Å². The van der Waals surface area contributed by atoms with Crippen molar-refractivity contribution in [3.8, 4) is 0 Å². The first-order valence-corrected chi connectivity index (χ1v) is 12.6. The van der Waals surface area contributed by atoms with Crippen molar-refractivity contribution in [3.05, 3.63) is 107 Å². The molecule has 0 amide bonds. The summed E-state index contributed by atoms with van der Waals surface area (Å²) in [5.41, 5.74) is -7.04. The first kappa shape index (κ1) is 31.9. The van der Waals surface area contributed by atoms with Gasteiger partial charge in [0.15, 0.2) is 0 Å². The van der Waals surface area contributed by atoms with Crippen molar-refractivity contribution in [2.45, 2.75) is 34.5 Å². The van der Waals surface area contributed by atoms with E-state index in [1.165, 1.54) is 48.5 Å². The molecule has 0 heterocycles. The zero-order chi connectivity index (χ0) is 31.8. The molecule has 0 saturated carbocycles. The van der Waals surface area contributed by atoms with Gasteiger partial charge in [-0.15, -0.1) is 0 Å². The van der Waals surface area contributed by atoms with E-state index in [2.05, 4.69) is 10.6 Å². The Balaban J connectivity index is 1.69. The molecule has 0 spiro atoms. The summed E-state index contributed by atoms with van der Waals surface area (Å²) >= 11 is 0.904. The third kappa shape index (κ3) is 8.09. The zero-order valence-corrected chi connectivity index (χ0v) is 21.8. The molecule has 0 atom stereocenters. The molecule has 43 heavy (non-hydrogen) atoms. The normalized spacial score (nSPS) is 12.7. The number of hydrogen-bond acceptors (Lipinski definition) is 3. The van der Waals surface area contributed by atoms with Crippen molar-refractivity contribution < 1.29 is 52.7 Å². The van der Waals surface area contributed by atoms with Gasteiger partial charge in [0.05, 0.1) is 33.6 Å². The summed E-state index contributed by atoms with van der Waals surface area (Å²) in [6, 6.07) is 13.6. The van der Waals surface area contributed by atoms with Crippen molar-refractivity contribution in [3.63, 3.8) is 0 Å². The fourth-order valence-corrected chi connectivity index (χ4v) is 4.79. The summed E-state index contributed by atoms with van der Waals surface area (Å²) < 4.78 is 160. The van der Waals surface area contributed by atoms with Crippen LogP contribution in [-0.2, 0) is 24.7 Å². The topological polar surface area (TPSA) is 24.1 Å². The smallest absolute Gasteiger partial charge is 0.355 e. The number of para-hydroxylation sites is 2. The molecule has 228 valence electrons. The van der Waals surface area contributed by atoms with Gasteiger partial charge in [0.1, 0.15) is 0 Å². The van der Waals surface area contributed by atoms with Crippen LogP contribution in [0.2, 0.25) is 0 Å². The summed E-state index contributed by atoms with van der Waals surface area (Å²) in [4.78, 5) is 0.533. The van der Waals surface area contributed by atoms with E-state index in [-0.39, 0.29) is 33.3 Å². The van der Waals surface area contributed by atoms with Crippen LogP contribution in [-0.4, -0.2) is 0 Å². The highest BCUT2D eigenvalue weighted by Gasteiger charge is 2.38.